The molecule has 0 bridgehead atoms. The van der Waals surface area contributed by atoms with Gasteiger partial charge in [0.25, 0.3) is 5.91 Å². The van der Waals surface area contributed by atoms with E-state index in [0.29, 0.717) is 12.1 Å². The van der Waals surface area contributed by atoms with Gasteiger partial charge in [0.1, 0.15) is 10.6 Å². The Kier molecular flexibility index (Phi) is 3.83. The number of carbonyl (C=O) groups is 1. The molecule has 1 amide bonds. The Morgan fingerprint density at radius 2 is 2.05 bits per heavy atom. The van der Waals surface area contributed by atoms with Crippen LogP contribution in [0.1, 0.15) is 23.1 Å². The SMILES string of the molecule is CCc1cc(C(=O)Nc2nn(C)cc2S(N)(=O)=O)n(C)n1. The summed E-state index contributed by atoms with van der Waals surface area (Å²) in [6, 6.07) is 1.63. The molecule has 9 nitrogen and oxygen atoms in total. The summed E-state index contributed by atoms with van der Waals surface area (Å²) in [5, 5.41) is 15.6. The van der Waals surface area contributed by atoms with Gasteiger partial charge >= 0.3 is 0 Å². The number of carbonyl (C=O) groups excluding carboxylic acids is 1. The average Bonchev–Trinajstić information content (AvgIpc) is 2.92. The molecule has 21 heavy (non-hydrogen) atoms. The van der Waals surface area contributed by atoms with E-state index in [1.807, 2.05) is 6.92 Å². The highest BCUT2D eigenvalue weighted by atomic mass is 32.2. The zero-order valence-corrected chi connectivity index (χ0v) is 12.7. The van der Waals surface area contributed by atoms with Gasteiger partial charge in [-0.3, -0.25) is 14.2 Å². The molecular weight excluding hydrogens is 296 g/mol. The minimum Gasteiger partial charge on any atom is -0.303 e. The van der Waals surface area contributed by atoms with Gasteiger partial charge in [0.15, 0.2) is 5.82 Å². The normalized spacial score (nSPS) is 11.6. The van der Waals surface area contributed by atoms with Crippen molar-refractivity contribution >= 4 is 21.7 Å². The van der Waals surface area contributed by atoms with Crippen LogP contribution in [0.4, 0.5) is 5.82 Å². The van der Waals surface area contributed by atoms with Crippen LogP contribution in [0.3, 0.4) is 0 Å². The van der Waals surface area contributed by atoms with Gasteiger partial charge in [0.2, 0.25) is 10.0 Å². The number of sulfonamides is 1. The predicted octanol–water partition coefficient (Wildman–Crippen LogP) is -0.384. The van der Waals surface area contributed by atoms with Crippen LogP contribution >= 0.6 is 0 Å². The van der Waals surface area contributed by atoms with Crippen LogP contribution in [0.2, 0.25) is 0 Å². The van der Waals surface area contributed by atoms with Crippen LogP contribution in [0, 0.1) is 0 Å². The summed E-state index contributed by atoms with van der Waals surface area (Å²) in [6.07, 6.45) is 1.92. The first-order valence-electron chi connectivity index (χ1n) is 6.13. The van der Waals surface area contributed by atoms with Gasteiger partial charge in [-0.15, -0.1) is 0 Å². The fourth-order valence-electron chi connectivity index (χ4n) is 1.85. The summed E-state index contributed by atoms with van der Waals surface area (Å²) >= 11 is 0. The maximum atomic E-state index is 12.2. The number of anilines is 1. The number of aromatic nitrogens is 4. The van der Waals surface area contributed by atoms with Crippen LogP contribution in [-0.2, 0) is 30.5 Å². The zero-order valence-electron chi connectivity index (χ0n) is 11.9. The molecule has 0 radical (unpaired) electrons. The van der Waals surface area contributed by atoms with Gasteiger partial charge in [-0.05, 0) is 12.5 Å². The molecule has 2 aromatic heterocycles. The topological polar surface area (TPSA) is 125 Å². The third-order valence-electron chi connectivity index (χ3n) is 2.86. The first-order chi connectivity index (χ1) is 9.72. The number of nitrogens with one attached hydrogen (secondary N) is 1. The second kappa shape index (κ2) is 5.30. The highest BCUT2D eigenvalue weighted by Gasteiger charge is 2.22. The van der Waals surface area contributed by atoms with E-state index in [9.17, 15) is 13.2 Å². The van der Waals surface area contributed by atoms with Gasteiger partial charge in [-0.1, -0.05) is 6.92 Å². The molecule has 0 aliphatic heterocycles. The molecule has 2 rings (SSSR count). The van der Waals surface area contributed by atoms with E-state index in [1.165, 1.54) is 22.6 Å². The highest BCUT2D eigenvalue weighted by Crippen LogP contribution is 2.18. The number of nitrogens with zero attached hydrogens (tertiary/aromatic N) is 4. The minimum absolute atomic E-state index is 0.107. The number of hydrogen-bond acceptors (Lipinski definition) is 5. The van der Waals surface area contributed by atoms with Crippen LogP contribution in [0.15, 0.2) is 17.2 Å². The van der Waals surface area contributed by atoms with E-state index in [1.54, 1.807) is 13.1 Å². The van der Waals surface area contributed by atoms with Crippen LogP contribution in [0.25, 0.3) is 0 Å². The minimum atomic E-state index is -3.97. The summed E-state index contributed by atoms with van der Waals surface area (Å²) in [4.78, 5) is 12.0. The molecule has 10 heteroatoms. The van der Waals surface area contributed by atoms with Gasteiger partial charge in [0.05, 0.1) is 5.69 Å². The second-order valence-corrected chi connectivity index (χ2v) is 6.04. The van der Waals surface area contributed by atoms with Gasteiger partial charge < -0.3 is 5.32 Å². The largest absolute Gasteiger partial charge is 0.303 e. The summed E-state index contributed by atoms with van der Waals surface area (Å²) in [5.74, 6) is -0.613. The number of hydrogen-bond donors (Lipinski definition) is 2. The lowest BCUT2D eigenvalue weighted by atomic mass is 10.3. The van der Waals surface area contributed by atoms with E-state index < -0.39 is 15.9 Å². The average molecular weight is 312 g/mol. The molecule has 0 aliphatic carbocycles. The Morgan fingerprint density at radius 1 is 1.38 bits per heavy atom. The van der Waals surface area contributed by atoms with Crippen molar-refractivity contribution in [1.29, 1.82) is 0 Å². The van der Waals surface area contributed by atoms with Crippen molar-refractivity contribution in [2.75, 3.05) is 5.32 Å². The molecule has 0 fully saturated rings. The third kappa shape index (κ3) is 3.11. The van der Waals surface area contributed by atoms with Crippen molar-refractivity contribution in [3.05, 3.63) is 23.7 Å². The molecule has 114 valence electrons. The first kappa shape index (κ1) is 15.2. The molecule has 0 aromatic carbocycles. The molecule has 0 saturated heterocycles. The molecule has 0 aliphatic rings. The van der Waals surface area contributed by atoms with E-state index in [-0.39, 0.29) is 10.7 Å². The lowest BCUT2D eigenvalue weighted by molar-refractivity contribution is 0.101. The molecule has 3 N–H and O–H groups in total. The van der Waals surface area contributed by atoms with Gasteiger partial charge in [-0.2, -0.15) is 10.2 Å². The molecule has 0 atom stereocenters. The molecular formula is C11H16N6O3S. The maximum absolute atomic E-state index is 12.2. The Bertz CT molecular complexity index is 789. The zero-order chi connectivity index (χ0) is 15.8. The molecule has 0 saturated carbocycles. The second-order valence-electron chi connectivity index (χ2n) is 4.51. The monoisotopic (exact) mass is 312 g/mol. The van der Waals surface area contributed by atoms with E-state index in [4.69, 9.17) is 5.14 Å². The molecule has 0 spiro atoms. The fraction of sp³-hybridized carbons (Fsp3) is 0.364. The molecule has 2 heterocycles. The number of aryl methyl sites for hydroxylation is 3. The summed E-state index contributed by atoms with van der Waals surface area (Å²) in [7, 11) is -0.807. The fourth-order valence-corrected chi connectivity index (χ4v) is 2.51. The number of nitrogens with two attached hydrogens (primary N) is 1. The standard InChI is InChI=1S/C11H16N6O3S/c1-4-7-5-8(17(3)14-7)11(18)13-10-9(21(12,19)20)6-16(2)15-10/h5-6H,4H2,1-3H3,(H2,12,19,20)(H,13,15,18). The van der Waals surface area contributed by atoms with Crippen molar-refractivity contribution in [3.63, 3.8) is 0 Å². The lowest BCUT2D eigenvalue weighted by Crippen LogP contribution is -2.19. The number of primary sulfonamides is 1. The highest BCUT2D eigenvalue weighted by molar-refractivity contribution is 7.89. The Hall–Kier alpha value is -2.20. The molecule has 2 aromatic rings. The van der Waals surface area contributed by atoms with Crippen LogP contribution < -0.4 is 10.5 Å². The maximum Gasteiger partial charge on any atom is 0.275 e. The Balaban J connectivity index is 2.34. The van der Waals surface area contributed by atoms with Gasteiger partial charge in [-0.25, -0.2) is 13.6 Å². The quantitative estimate of drug-likeness (QED) is 0.795. The molecule has 0 unspecified atom stereocenters. The summed E-state index contributed by atoms with van der Waals surface area (Å²) < 4.78 is 25.6. The van der Waals surface area contributed by atoms with Crippen molar-refractivity contribution in [1.82, 2.24) is 19.6 Å². The predicted molar refractivity (Wildman–Crippen MR) is 75.1 cm³/mol. The summed E-state index contributed by atoms with van der Waals surface area (Å²) in [5.41, 5.74) is 1.06. The summed E-state index contributed by atoms with van der Waals surface area (Å²) in [6.45, 7) is 1.92. The number of amides is 1. The van der Waals surface area contributed by atoms with Crippen molar-refractivity contribution in [3.8, 4) is 0 Å². The Morgan fingerprint density at radius 3 is 2.57 bits per heavy atom. The van der Waals surface area contributed by atoms with Crippen LogP contribution in [0.5, 0.6) is 0 Å². The van der Waals surface area contributed by atoms with Crippen molar-refractivity contribution < 1.29 is 13.2 Å². The number of rotatable bonds is 4. The third-order valence-corrected chi connectivity index (χ3v) is 3.77. The van der Waals surface area contributed by atoms with Gasteiger partial charge in [0, 0.05) is 20.3 Å². The van der Waals surface area contributed by atoms with Crippen molar-refractivity contribution in [2.45, 2.75) is 18.2 Å². The first-order valence-corrected chi connectivity index (χ1v) is 7.67. The van der Waals surface area contributed by atoms with Crippen molar-refractivity contribution in [2.24, 2.45) is 19.2 Å². The van der Waals surface area contributed by atoms with Crippen LogP contribution in [-0.4, -0.2) is 33.9 Å². The van der Waals surface area contributed by atoms with E-state index >= 15 is 0 Å². The Labute approximate surface area is 121 Å². The van der Waals surface area contributed by atoms with E-state index in [0.717, 1.165) is 5.69 Å². The lowest BCUT2D eigenvalue weighted by Gasteiger charge is -2.03. The smallest absolute Gasteiger partial charge is 0.275 e. The van der Waals surface area contributed by atoms with E-state index in [2.05, 4.69) is 15.5 Å².